The topological polar surface area (TPSA) is 46.3 Å². The molecule has 0 spiro atoms. The van der Waals surface area contributed by atoms with E-state index in [4.69, 9.17) is 5.73 Å². The highest BCUT2D eigenvalue weighted by atomic mass is 32.2. The maximum Gasteiger partial charge on any atom is 0.254 e. The molecule has 0 aromatic heterocycles. The summed E-state index contributed by atoms with van der Waals surface area (Å²) in [5.74, 6) is 2.17. The fourth-order valence-electron chi connectivity index (χ4n) is 2.48. The largest absolute Gasteiger partial charge is 0.334 e. The van der Waals surface area contributed by atoms with Crippen LogP contribution in [0.1, 0.15) is 34.8 Å². The molecule has 1 amide bonds. The summed E-state index contributed by atoms with van der Waals surface area (Å²) in [5, 5.41) is 0. The van der Waals surface area contributed by atoms with Gasteiger partial charge in [-0.3, -0.25) is 4.79 Å². The Labute approximate surface area is 149 Å². The van der Waals surface area contributed by atoms with Crippen molar-refractivity contribution in [3.63, 3.8) is 0 Å². The van der Waals surface area contributed by atoms with Crippen molar-refractivity contribution in [2.75, 3.05) is 18.8 Å². The first-order valence-electron chi connectivity index (χ1n) is 8.44. The lowest BCUT2D eigenvalue weighted by Gasteiger charge is -2.23. The fourth-order valence-corrected chi connectivity index (χ4v) is 3.12. The number of rotatable bonds is 9. The number of thioether (sulfide) groups is 1. The van der Waals surface area contributed by atoms with Crippen molar-refractivity contribution >= 4 is 17.7 Å². The van der Waals surface area contributed by atoms with Gasteiger partial charge in [0.25, 0.3) is 5.91 Å². The molecule has 0 radical (unpaired) electrons. The highest BCUT2D eigenvalue weighted by molar-refractivity contribution is 7.98. The van der Waals surface area contributed by atoms with Gasteiger partial charge in [-0.2, -0.15) is 11.8 Å². The summed E-state index contributed by atoms with van der Waals surface area (Å²) in [6, 6.07) is 18.1. The van der Waals surface area contributed by atoms with Gasteiger partial charge in [0.1, 0.15) is 0 Å². The van der Waals surface area contributed by atoms with Gasteiger partial charge < -0.3 is 10.6 Å². The van der Waals surface area contributed by atoms with Gasteiger partial charge in [-0.1, -0.05) is 49.4 Å². The highest BCUT2D eigenvalue weighted by Gasteiger charge is 2.15. The molecule has 128 valence electrons. The number of nitrogens with zero attached hydrogens (tertiary/aromatic N) is 1. The standard InChI is InChI=1S/C20H26N2OS/c1-2-24-16-18-9-11-19(12-10-18)20(23)22(14-6-13-21)15-17-7-4-3-5-8-17/h3-5,7-12H,2,6,13-16,21H2,1H3. The van der Waals surface area contributed by atoms with Gasteiger partial charge in [0.15, 0.2) is 0 Å². The van der Waals surface area contributed by atoms with E-state index in [0.717, 1.165) is 29.1 Å². The zero-order valence-electron chi connectivity index (χ0n) is 14.3. The van der Waals surface area contributed by atoms with Crippen LogP contribution in [0.2, 0.25) is 0 Å². The molecule has 0 atom stereocenters. The Bertz CT molecular complexity index is 613. The van der Waals surface area contributed by atoms with Crippen molar-refractivity contribution in [2.45, 2.75) is 25.6 Å². The molecule has 2 aromatic rings. The third-order valence-corrected chi connectivity index (χ3v) is 4.76. The summed E-state index contributed by atoms with van der Waals surface area (Å²) in [7, 11) is 0. The minimum Gasteiger partial charge on any atom is -0.334 e. The zero-order chi connectivity index (χ0) is 17.2. The molecular formula is C20H26N2OS. The number of nitrogens with two attached hydrogens (primary N) is 1. The van der Waals surface area contributed by atoms with Crippen LogP contribution in [0, 0.1) is 0 Å². The minimum atomic E-state index is 0.0713. The second-order valence-corrected chi connectivity index (χ2v) is 6.96. The fraction of sp³-hybridized carbons (Fsp3) is 0.350. The number of hydrogen-bond donors (Lipinski definition) is 1. The quantitative estimate of drug-likeness (QED) is 0.751. The van der Waals surface area contributed by atoms with E-state index in [0.29, 0.717) is 19.6 Å². The molecule has 0 aliphatic rings. The number of benzene rings is 2. The molecule has 0 bridgehead atoms. The SMILES string of the molecule is CCSCc1ccc(C(=O)N(CCCN)Cc2ccccc2)cc1. The van der Waals surface area contributed by atoms with Gasteiger partial charge in [0.2, 0.25) is 0 Å². The molecule has 0 aliphatic heterocycles. The Hall–Kier alpha value is -1.78. The molecular weight excluding hydrogens is 316 g/mol. The molecule has 0 saturated carbocycles. The molecule has 0 heterocycles. The summed E-state index contributed by atoms with van der Waals surface area (Å²) >= 11 is 1.89. The lowest BCUT2D eigenvalue weighted by molar-refractivity contribution is 0.0742. The van der Waals surface area contributed by atoms with Crippen LogP contribution < -0.4 is 5.73 Å². The molecule has 0 saturated heterocycles. The zero-order valence-corrected chi connectivity index (χ0v) is 15.1. The van der Waals surface area contributed by atoms with E-state index < -0.39 is 0 Å². The van der Waals surface area contributed by atoms with Gasteiger partial charge in [-0.25, -0.2) is 0 Å². The summed E-state index contributed by atoms with van der Waals surface area (Å²) in [5.41, 5.74) is 8.78. The van der Waals surface area contributed by atoms with E-state index in [1.165, 1.54) is 5.56 Å². The number of carbonyl (C=O) groups is 1. The number of hydrogen-bond acceptors (Lipinski definition) is 3. The van der Waals surface area contributed by atoms with E-state index in [2.05, 4.69) is 19.1 Å². The second-order valence-electron chi connectivity index (χ2n) is 5.69. The predicted molar refractivity (Wildman–Crippen MR) is 103 cm³/mol. The van der Waals surface area contributed by atoms with Crippen LogP contribution >= 0.6 is 11.8 Å². The average Bonchev–Trinajstić information content (AvgIpc) is 2.64. The Morgan fingerprint density at radius 1 is 1.04 bits per heavy atom. The van der Waals surface area contributed by atoms with Crippen molar-refractivity contribution in [1.29, 1.82) is 0 Å². The Kier molecular flexibility index (Phi) is 7.86. The molecule has 0 fully saturated rings. The van der Waals surface area contributed by atoms with Crippen molar-refractivity contribution < 1.29 is 4.79 Å². The number of amides is 1. The molecule has 0 unspecified atom stereocenters. The van der Waals surface area contributed by atoms with Crippen LogP contribution in [0.15, 0.2) is 54.6 Å². The normalized spacial score (nSPS) is 10.6. The van der Waals surface area contributed by atoms with Crippen LogP contribution in [0.25, 0.3) is 0 Å². The van der Waals surface area contributed by atoms with E-state index in [-0.39, 0.29) is 5.91 Å². The molecule has 2 N–H and O–H groups in total. The van der Waals surface area contributed by atoms with E-state index in [1.54, 1.807) is 0 Å². The van der Waals surface area contributed by atoms with Crippen LogP contribution in [0.4, 0.5) is 0 Å². The van der Waals surface area contributed by atoms with E-state index in [9.17, 15) is 4.79 Å². The first-order valence-corrected chi connectivity index (χ1v) is 9.60. The summed E-state index contributed by atoms with van der Waals surface area (Å²) in [6.07, 6.45) is 0.809. The van der Waals surface area contributed by atoms with E-state index in [1.807, 2.05) is 59.1 Å². The molecule has 2 aromatic carbocycles. The molecule has 0 aliphatic carbocycles. The highest BCUT2D eigenvalue weighted by Crippen LogP contribution is 2.15. The van der Waals surface area contributed by atoms with Crippen LogP contribution in [0.5, 0.6) is 0 Å². The molecule has 3 nitrogen and oxygen atoms in total. The van der Waals surface area contributed by atoms with Crippen molar-refractivity contribution in [3.8, 4) is 0 Å². The van der Waals surface area contributed by atoms with E-state index >= 15 is 0 Å². The van der Waals surface area contributed by atoms with Gasteiger partial charge >= 0.3 is 0 Å². The lowest BCUT2D eigenvalue weighted by Crippen LogP contribution is -2.32. The summed E-state index contributed by atoms with van der Waals surface area (Å²) in [4.78, 5) is 14.7. The van der Waals surface area contributed by atoms with Gasteiger partial charge in [0, 0.05) is 24.4 Å². The van der Waals surface area contributed by atoms with Gasteiger partial charge in [0.05, 0.1) is 0 Å². The predicted octanol–water partition coefficient (Wildman–Crippen LogP) is 3.93. The minimum absolute atomic E-state index is 0.0713. The Balaban J connectivity index is 2.08. The van der Waals surface area contributed by atoms with Crippen LogP contribution in [-0.4, -0.2) is 29.6 Å². The summed E-state index contributed by atoms with van der Waals surface area (Å²) < 4.78 is 0. The Morgan fingerprint density at radius 2 is 1.75 bits per heavy atom. The maximum absolute atomic E-state index is 12.9. The third kappa shape index (κ3) is 5.69. The third-order valence-electron chi connectivity index (χ3n) is 3.81. The van der Waals surface area contributed by atoms with Crippen LogP contribution in [-0.2, 0) is 12.3 Å². The first-order chi connectivity index (χ1) is 11.7. The lowest BCUT2D eigenvalue weighted by atomic mass is 10.1. The van der Waals surface area contributed by atoms with Crippen molar-refractivity contribution in [3.05, 3.63) is 71.3 Å². The monoisotopic (exact) mass is 342 g/mol. The molecule has 4 heteroatoms. The smallest absolute Gasteiger partial charge is 0.254 e. The van der Waals surface area contributed by atoms with Gasteiger partial charge in [-0.05, 0) is 42.0 Å². The Morgan fingerprint density at radius 3 is 2.38 bits per heavy atom. The number of carbonyl (C=O) groups excluding carboxylic acids is 1. The second kappa shape index (κ2) is 10.2. The maximum atomic E-state index is 12.9. The summed E-state index contributed by atoms with van der Waals surface area (Å²) in [6.45, 7) is 4.04. The molecule has 2 rings (SSSR count). The van der Waals surface area contributed by atoms with Crippen LogP contribution in [0.3, 0.4) is 0 Å². The van der Waals surface area contributed by atoms with Crippen molar-refractivity contribution in [1.82, 2.24) is 4.90 Å². The van der Waals surface area contributed by atoms with Crippen molar-refractivity contribution in [2.24, 2.45) is 5.73 Å². The average molecular weight is 343 g/mol. The van der Waals surface area contributed by atoms with Gasteiger partial charge in [-0.15, -0.1) is 0 Å². The first kappa shape index (κ1) is 18.6. The molecule has 24 heavy (non-hydrogen) atoms.